The van der Waals surface area contributed by atoms with E-state index in [9.17, 15) is 4.79 Å². The van der Waals surface area contributed by atoms with Crippen molar-refractivity contribution >= 4 is 6.29 Å². The smallest absolute Gasteiger partial charge is 0.203 e. The van der Waals surface area contributed by atoms with Gasteiger partial charge in [0.2, 0.25) is 5.75 Å². The molecule has 0 spiro atoms. The fourth-order valence-electron chi connectivity index (χ4n) is 4.74. The fourth-order valence-corrected chi connectivity index (χ4v) is 4.74. The van der Waals surface area contributed by atoms with E-state index in [0.717, 1.165) is 25.5 Å². The van der Waals surface area contributed by atoms with E-state index in [4.69, 9.17) is 14.2 Å². The zero-order chi connectivity index (χ0) is 27.5. The Hall–Kier alpha value is -1.71. The summed E-state index contributed by atoms with van der Waals surface area (Å²) in [5.41, 5.74) is 0.581. The van der Waals surface area contributed by atoms with Crippen LogP contribution in [0.4, 0.5) is 0 Å². The molecule has 0 aromatic heterocycles. The number of unbranched alkanes of at least 4 members (excludes halogenated alkanes) is 18. The zero-order valence-corrected chi connectivity index (χ0v) is 25.3. The van der Waals surface area contributed by atoms with Gasteiger partial charge in [0, 0.05) is 5.56 Å². The van der Waals surface area contributed by atoms with Crippen molar-refractivity contribution in [3.63, 3.8) is 0 Å². The highest BCUT2D eigenvalue weighted by molar-refractivity contribution is 5.78. The third kappa shape index (κ3) is 17.7. The highest BCUT2D eigenvalue weighted by atomic mass is 16.5. The summed E-state index contributed by atoms with van der Waals surface area (Å²) in [4.78, 5) is 11.7. The maximum atomic E-state index is 11.7. The molecule has 0 saturated heterocycles. The summed E-state index contributed by atoms with van der Waals surface area (Å²) in [6.45, 7) is 8.69. The number of benzene rings is 1. The Balaban J connectivity index is 2.65. The first kappa shape index (κ1) is 34.3. The van der Waals surface area contributed by atoms with Gasteiger partial charge in [-0.1, -0.05) is 136 Å². The molecule has 1 aromatic carbocycles. The van der Waals surface area contributed by atoms with Crippen LogP contribution in [-0.4, -0.2) is 26.1 Å². The molecule has 0 atom stereocenters. The van der Waals surface area contributed by atoms with E-state index >= 15 is 0 Å². The van der Waals surface area contributed by atoms with Crippen LogP contribution in [0.3, 0.4) is 0 Å². The minimum atomic E-state index is 0.581. The quantitative estimate of drug-likeness (QED) is 0.0795. The molecule has 1 aromatic rings. The number of aldehydes is 1. The number of carbonyl (C=O) groups is 1. The van der Waals surface area contributed by atoms with Crippen molar-refractivity contribution in [1.29, 1.82) is 0 Å². The van der Waals surface area contributed by atoms with Crippen LogP contribution in [0.2, 0.25) is 0 Å². The molecule has 220 valence electrons. The summed E-state index contributed by atoms with van der Waals surface area (Å²) in [6, 6.07) is 3.63. The number of carbonyl (C=O) groups excluding carboxylic acids is 1. The predicted octanol–water partition coefficient (Wildman–Crippen LogP) is 10.9. The largest absolute Gasteiger partial charge is 0.490 e. The van der Waals surface area contributed by atoms with Gasteiger partial charge in [-0.25, -0.2) is 0 Å². The molecular weight excluding hydrogens is 472 g/mol. The molecule has 1 rings (SSSR count). The van der Waals surface area contributed by atoms with E-state index in [1.54, 1.807) is 0 Å². The average molecular weight is 533 g/mol. The molecule has 0 aliphatic rings. The van der Waals surface area contributed by atoms with Crippen molar-refractivity contribution in [3.8, 4) is 17.2 Å². The van der Waals surface area contributed by atoms with Crippen LogP contribution >= 0.6 is 0 Å². The van der Waals surface area contributed by atoms with Crippen LogP contribution in [0.1, 0.15) is 166 Å². The summed E-state index contributed by atoms with van der Waals surface area (Å²) in [5.74, 6) is 1.98. The van der Waals surface area contributed by atoms with Crippen molar-refractivity contribution < 1.29 is 19.0 Å². The molecule has 0 fully saturated rings. The molecular formula is C34H60O4. The molecule has 0 amide bonds. The summed E-state index contributed by atoms with van der Waals surface area (Å²) in [5, 5.41) is 0. The zero-order valence-electron chi connectivity index (χ0n) is 25.3. The van der Waals surface area contributed by atoms with Crippen LogP contribution in [0.15, 0.2) is 12.1 Å². The summed E-state index contributed by atoms with van der Waals surface area (Å²) >= 11 is 0. The van der Waals surface area contributed by atoms with Crippen molar-refractivity contribution in [2.75, 3.05) is 19.8 Å². The first-order valence-electron chi connectivity index (χ1n) is 16.3. The van der Waals surface area contributed by atoms with E-state index in [1.807, 2.05) is 12.1 Å². The molecule has 0 aliphatic carbocycles. The highest BCUT2D eigenvalue weighted by Gasteiger charge is 2.16. The molecule has 0 aliphatic heterocycles. The Morgan fingerprint density at radius 2 is 0.789 bits per heavy atom. The molecule has 0 saturated carbocycles. The molecule has 4 heteroatoms. The number of rotatable bonds is 28. The summed E-state index contributed by atoms with van der Waals surface area (Å²) in [7, 11) is 0. The second-order valence-electron chi connectivity index (χ2n) is 10.9. The number of ether oxygens (including phenoxy) is 3. The van der Waals surface area contributed by atoms with Crippen molar-refractivity contribution in [1.82, 2.24) is 0 Å². The van der Waals surface area contributed by atoms with E-state index in [0.29, 0.717) is 42.6 Å². The minimum Gasteiger partial charge on any atom is -0.490 e. The van der Waals surface area contributed by atoms with Gasteiger partial charge in [-0.15, -0.1) is 0 Å². The molecule has 38 heavy (non-hydrogen) atoms. The molecule has 0 N–H and O–H groups in total. The van der Waals surface area contributed by atoms with Gasteiger partial charge >= 0.3 is 0 Å². The molecule has 0 bridgehead atoms. The van der Waals surface area contributed by atoms with E-state index in [2.05, 4.69) is 20.8 Å². The van der Waals surface area contributed by atoms with Gasteiger partial charge in [0.1, 0.15) is 6.29 Å². The first-order chi connectivity index (χ1) is 18.8. The van der Waals surface area contributed by atoms with Gasteiger partial charge in [0.25, 0.3) is 0 Å². The van der Waals surface area contributed by atoms with Crippen molar-refractivity contribution in [2.24, 2.45) is 0 Å². The summed E-state index contributed by atoms with van der Waals surface area (Å²) < 4.78 is 18.7. The number of hydrogen-bond donors (Lipinski definition) is 0. The lowest BCUT2D eigenvalue weighted by Gasteiger charge is -2.18. The van der Waals surface area contributed by atoms with Gasteiger partial charge in [-0.05, 0) is 31.4 Å². The lowest BCUT2D eigenvalue weighted by Crippen LogP contribution is -2.07. The monoisotopic (exact) mass is 532 g/mol. The standard InChI is InChI=1S/C34H60O4/c1-4-7-10-13-16-19-22-25-36-32-28-31(30-35)29-33(37-26-23-20-17-14-11-8-5-2)34(32)38-27-24-21-18-15-12-9-6-3/h28-30H,4-27H2,1-3H3. The van der Waals surface area contributed by atoms with E-state index in [-0.39, 0.29) is 0 Å². The second kappa shape index (κ2) is 25.6. The Labute approximate surface area is 235 Å². The Morgan fingerprint density at radius 1 is 0.474 bits per heavy atom. The molecule has 0 unspecified atom stereocenters. The highest BCUT2D eigenvalue weighted by Crippen LogP contribution is 2.39. The van der Waals surface area contributed by atoms with Crippen LogP contribution in [0.5, 0.6) is 17.2 Å². The van der Waals surface area contributed by atoms with Gasteiger partial charge in [0.15, 0.2) is 11.5 Å². The van der Waals surface area contributed by atoms with Crippen molar-refractivity contribution in [2.45, 2.75) is 156 Å². The Morgan fingerprint density at radius 3 is 1.13 bits per heavy atom. The normalized spacial score (nSPS) is 11.0. The van der Waals surface area contributed by atoms with Crippen LogP contribution < -0.4 is 14.2 Å². The lowest BCUT2D eigenvalue weighted by molar-refractivity contribution is 0.112. The van der Waals surface area contributed by atoms with Crippen molar-refractivity contribution in [3.05, 3.63) is 17.7 Å². The van der Waals surface area contributed by atoms with Crippen LogP contribution in [0, 0.1) is 0 Å². The fraction of sp³-hybridized carbons (Fsp3) is 0.794. The average Bonchev–Trinajstić information content (AvgIpc) is 2.93. The van der Waals surface area contributed by atoms with Gasteiger partial charge < -0.3 is 14.2 Å². The van der Waals surface area contributed by atoms with Gasteiger partial charge in [0.05, 0.1) is 19.8 Å². The second-order valence-corrected chi connectivity index (χ2v) is 10.9. The SMILES string of the molecule is CCCCCCCCCOc1cc(C=O)cc(OCCCCCCCCC)c1OCCCCCCCCC. The maximum absolute atomic E-state index is 11.7. The first-order valence-corrected chi connectivity index (χ1v) is 16.3. The molecule has 0 heterocycles. The summed E-state index contributed by atoms with van der Waals surface area (Å²) in [6.07, 6.45) is 27.0. The van der Waals surface area contributed by atoms with Gasteiger partial charge in [-0.3, -0.25) is 4.79 Å². The maximum Gasteiger partial charge on any atom is 0.203 e. The van der Waals surface area contributed by atoms with E-state index < -0.39 is 0 Å². The molecule has 0 radical (unpaired) electrons. The predicted molar refractivity (Wildman–Crippen MR) is 162 cm³/mol. The lowest BCUT2D eigenvalue weighted by atomic mass is 10.1. The minimum absolute atomic E-state index is 0.581. The van der Waals surface area contributed by atoms with Crippen LogP contribution in [0.25, 0.3) is 0 Å². The third-order valence-corrected chi connectivity index (χ3v) is 7.18. The van der Waals surface area contributed by atoms with E-state index in [1.165, 1.54) is 116 Å². The Bertz CT molecular complexity index is 631. The third-order valence-electron chi connectivity index (χ3n) is 7.18. The van der Waals surface area contributed by atoms with Gasteiger partial charge in [-0.2, -0.15) is 0 Å². The molecule has 4 nitrogen and oxygen atoms in total. The van der Waals surface area contributed by atoms with Crippen LogP contribution in [-0.2, 0) is 0 Å². The topological polar surface area (TPSA) is 44.8 Å². The number of hydrogen-bond acceptors (Lipinski definition) is 4. The Kier molecular flexibility index (Phi) is 23.1.